The Bertz CT molecular complexity index is 547. The predicted octanol–water partition coefficient (Wildman–Crippen LogP) is 5.99. The Balaban J connectivity index is 2.22. The summed E-state index contributed by atoms with van der Waals surface area (Å²) in [4.78, 5) is 0.272. The van der Waals surface area contributed by atoms with Crippen LogP contribution in [0.15, 0.2) is 42.5 Å². The normalized spacial score (nSPS) is 12.7. The minimum atomic E-state index is 0.272. The summed E-state index contributed by atoms with van der Waals surface area (Å²) in [7, 11) is 0. The molecule has 1 unspecified atom stereocenters. The molecule has 0 aliphatic carbocycles. The van der Waals surface area contributed by atoms with Gasteiger partial charge in [-0.25, -0.2) is 0 Å². The largest absolute Gasteiger partial charge is 0.0786 e. The van der Waals surface area contributed by atoms with E-state index in [4.69, 9.17) is 0 Å². The number of aryl methyl sites for hydroxylation is 2. The molecule has 1 heteroatoms. The molecule has 0 spiro atoms. The molecule has 0 aliphatic rings. The number of benzene rings is 2. The second-order valence-corrected chi connectivity index (χ2v) is 7.04. The number of alkyl halides is 1. The van der Waals surface area contributed by atoms with E-state index in [1.54, 1.807) is 0 Å². The van der Waals surface area contributed by atoms with Crippen LogP contribution in [-0.2, 0) is 6.42 Å². The predicted molar refractivity (Wildman–Crippen MR) is 91.7 cm³/mol. The maximum Gasteiger partial charge on any atom is 0.0644 e. The number of rotatable bonds is 4. The lowest BCUT2D eigenvalue weighted by Crippen LogP contribution is -1.97. The minimum absolute atomic E-state index is 0.272. The van der Waals surface area contributed by atoms with Crippen LogP contribution in [0.5, 0.6) is 0 Å². The molecule has 0 aliphatic heterocycles. The van der Waals surface area contributed by atoms with Crippen LogP contribution in [0.2, 0.25) is 0 Å². The van der Waals surface area contributed by atoms with E-state index in [-0.39, 0.29) is 4.83 Å². The van der Waals surface area contributed by atoms with Gasteiger partial charge in [0, 0.05) is 0 Å². The van der Waals surface area contributed by atoms with Crippen LogP contribution in [0.1, 0.15) is 46.5 Å². The quantitative estimate of drug-likeness (QED) is 0.604. The van der Waals surface area contributed by atoms with Gasteiger partial charge in [0.2, 0.25) is 0 Å². The molecular weight excluding hydrogens is 308 g/mol. The second kappa shape index (κ2) is 6.58. The Hall–Kier alpha value is -1.08. The fourth-order valence-corrected chi connectivity index (χ4v) is 3.21. The molecule has 0 nitrogen and oxygen atoms in total. The Morgan fingerprint density at radius 3 is 1.90 bits per heavy atom. The zero-order valence-electron chi connectivity index (χ0n) is 12.8. The number of hydrogen-bond acceptors (Lipinski definition) is 0. The number of halogens is 1. The van der Waals surface area contributed by atoms with E-state index < -0.39 is 0 Å². The third kappa shape index (κ3) is 3.96. The number of hydrogen-bond donors (Lipinski definition) is 0. The van der Waals surface area contributed by atoms with Gasteiger partial charge in [-0.3, -0.25) is 0 Å². The second-order valence-electron chi connectivity index (χ2n) is 6.12. The first-order valence-corrected chi connectivity index (χ1v) is 8.18. The van der Waals surface area contributed by atoms with Crippen molar-refractivity contribution in [3.63, 3.8) is 0 Å². The van der Waals surface area contributed by atoms with Crippen molar-refractivity contribution < 1.29 is 0 Å². The molecule has 106 valence electrons. The van der Waals surface area contributed by atoms with Crippen molar-refractivity contribution in [3.05, 3.63) is 70.3 Å². The summed E-state index contributed by atoms with van der Waals surface area (Å²) in [6, 6.07) is 15.7. The van der Waals surface area contributed by atoms with E-state index in [2.05, 4.69) is 86.1 Å². The standard InChI is InChI=1S/C19H23Br/c1-13(2)9-16-5-7-17(8-6-16)19(20)18-11-14(3)10-15(4)12-18/h5-8,10-13,19H,9H2,1-4H3. The van der Waals surface area contributed by atoms with Gasteiger partial charge in [0.15, 0.2) is 0 Å². The molecule has 0 bridgehead atoms. The molecule has 0 saturated heterocycles. The van der Waals surface area contributed by atoms with Crippen LogP contribution in [-0.4, -0.2) is 0 Å². The molecule has 2 aromatic carbocycles. The van der Waals surface area contributed by atoms with E-state index in [1.165, 1.54) is 27.8 Å². The van der Waals surface area contributed by atoms with Crippen LogP contribution in [0, 0.1) is 19.8 Å². The molecule has 0 N–H and O–H groups in total. The molecule has 2 rings (SSSR count). The fraction of sp³-hybridized carbons (Fsp3) is 0.368. The Kier molecular flexibility index (Phi) is 5.04. The molecule has 0 heterocycles. The summed E-state index contributed by atoms with van der Waals surface area (Å²) in [6.07, 6.45) is 1.15. The van der Waals surface area contributed by atoms with E-state index in [9.17, 15) is 0 Å². The van der Waals surface area contributed by atoms with Gasteiger partial charge >= 0.3 is 0 Å². The highest BCUT2D eigenvalue weighted by atomic mass is 79.9. The lowest BCUT2D eigenvalue weighted by atomic mass is 9.97. The van der Waals surface area contributed by atoms with Gasteiger partial charge in [0.1, 0.15) is 0 Å². The van der Waals surface area contributed by atoms with Gasteiger partial charge in [0.25, 0.3) is 0 Å². The monoisotopic (exact) mass is 330 g/mol. The van der Waals surface area contributed by atoms with Gasteiger partial charge < -0.3 is 0 Å². The highest BCUT2D eigenvalue weighted by Gasteiger charge is 2.11. The molecule has 0 aromatic heterocycles. The lowest BCUT2D eigenvalue weighted by molar-refractivity contribution is 0.647. The SMILES string of the molecule is Cc1cc(C)cc(C(Br)c2ccc(CC(C)C)cc2)c1. The zero-order chi connectivity index (χ0) is 14.7. The average Bonchev–Trinajstić information content (AvgIpc) is 2.37. The van der Waals surface area contributed by atoms with Gasteiger partial charge in [0.05, 0.1) is 4.83 Å². The summed E-state index contributed by atoms with van der Waals surface area (Å²) in [5.74, 6) is 0.708. The molecule has 1 atom stereocenters. The van der Waals surface area contributed by atoms with Crippen molar-refractivity contribution in [3.8, 4) is 0 Å². The summed E-state index contributed by atoms with van der Waals surface area (Å²) < 4.78 is 0. The van der Waals surface area contributed by atoms with E-state index in [0.717, 1.165) is 6.42 Å². The van der Waals surface area contributed by atoms with Crippen molar-refractivity contribution in [2.75, 3.05) is 0 Å². The average molecular weight is 331 g/mol. The Morgan fingerprint density at radius 1 is 0.850 bits per heavy atom. The minimum Gasteiger partial charge on any atom is -0.0786 e. The van der Waals surface area contributed by atoms with Crippen molar-refractivity contribution in [2.24, 2.45) is 5.92 Å². The maximum absolute atomic E-state index is 3.84. The third-order valence-electron chi connectivity index (χ3n) is 3.45. The topological polar surface area (TPSA) is 0 Å². The van der Waals surface area contributed by atoms with E-state index in [0.29, 0.717) is 5.92 Å². The van der Waals surface area contributed by atoms with E-state index in [1.807, 2.05) is 0 Å². The van der Waals surface area contributed by atoms with Gasteiger partial charge in [-0.1, -0.05) is 83.4 Å². The van der Waals surface area contributed by atoms with Crippen molar-refractivity contribution >= 4 is 15.9 Å². The lowest BCUT2D eigenvalue weighted by Gasteiger charge is -2.14. The first-order valence-electron chi connectivity index (χ1n) is 7.27. The summed E-state index contributed by atoms with van der Waals surface area (Å²) in [6.45, 7) is 8.83. The van der Waals surface area contributed by atoms with Crippen molar-refractivity contribution in [1.29, 1.82) is 0 Å². The summed E-state index contributed by atoms with van der Waals surface area (Å²) >= 11 is 3.84. The fourth-order valence-electron chi connectivity index (χ4n) is 2.64. The highest BCUT2D eigenvalue weighted by Crippen LogP contribution is 2.32. The van der Waals surface area contributed by atoms with Crippen LogP contribution >= 0.6 is 15.9 Å². The smallest absolute Gasteiger partial charge is 0.0644 e. The maximum atomic E-state index is 3.84. The highest BCUT2D eigenvalue weighted by molar-refractivity contribution is 9.09. The van der Waals surface area contributed by atoms with Crippen LogP contribution < -0.4 is 0 Å². The van der Waals surface area contributed by atoms with Gasteiger partial charge in [-0.15, -0.1) is 0 Å². The Morgan fingerprint density at radius 2 is 1.40 bits per heavy atom. The van der Waals surface area contributed by atoms with Gasteiger partial charge in [-0.05, 0) is 42.9 Å². The molecule has 0 radical (unpaired) electrons. The van der Waals surface area contributed by atoms with E-state index >= 15 is 0 Å². The summed E-state index contributed by atoms with van der Waals surface area (Å²) in [5, 5.41) is 0. The van der Waals surface area contributed by atoms with Crippen molar-refractivity contribution in [2.45, 2.75) is 38.9 Å². The Labute approximate surface area is 131 Å². The van der Waals surface area contributed by atoms with Crippen molar-refractivity contribution in [1.82, 2.24) is 0 Å². The molecule has 0 saturated carbocycles. The zero-order valence-corrected chi connectivity index (χ0v) is 14.4. The molecular formula is C19H23Br. The first-order chi connectivity index (χ1) is 9.45. The molecule has 20 heavy (non-hydrogen) atoms. The summed E-state index contributed by atoms with van der Waals surface area (Å²) in [5.41, 5.74) is 6.72. The third-order valence-corrected chi connectivity index (χ3v) is 4.51. The molecule has 2 aromatic rings. The van der Waals surface area contributed by atoms with Crippen LogP contribution in [0.3, 0.4) is 0 Å². The molecule has 0 amide bonds. The van der Waals surface area contributed by atoms with Gasteiger partial charge in [-0.2, -0.15) is 0 Å². The van der Waals surface area contributed by atoms with Crippen LogP contribution in [0.4, 0.5) is 0 Å². The van der Waals surface area contributed by atoms with Crippen LogP contribution in [0.25, 0.3) is 0 Å². The first kappa shape index (κ1) is 15.3. The molecule has 0 fully saturated rings.